The first-order valence-corrected chi connectivity index (χ1v) is 7.24. The predicted molar refractivity (Wildman–Crippen MR) is 83.7 cm³/mol. The van der Waals surface area contributed by atoms with Crippen LogP contribution >= 0.6 is 27.5 Å². The van der Waals surface area contributed by atoms with E-state index in [1.165, 1.54) is 24.3 Å². The smallest absolute Gasteiger partial charge is 0.349 e. The molecule has 0 atom stereocenters. The minimum absolute atomic E-state index is 0.0339. The summed E-state index contributed by atoms with van der Waals surface area (Å²) in [6.45, 7) is -0.322. The Morgan fingerprint density at radius 2 is 1.95 bits per heavy atom. The molecule has 7 heteroatoms. The number of aromatic carboxylic acids is 1. The third kappa shape index (κ3) is 4.47. The van der Waals surface area contributed by atoms with Crippen LogP contribution in [-0.2, 0) is 4.79 Å². The van der Waals surface area contributed by atoms with Gasteiger partial charge in [0, 0.05) is 5.02 Å². The van der Waals surface area contributed by atoms with Gasteiger partial charge >= 0.3 is 11.9 Å². The van der Waals surface area contributed by atoms with E-state index >= 15 is 0 Å². The van der Waals surface area contributed by atoms with Gasteiger partial charge in [-0.15, -0.1) is 0 Å². The standard InChI is InChI=1S/C15H10BrClO5/c16-12-7-10(17)4-5-13(12)21-8-14(18)22-11-3-1-2-9(6-11)15(19)20/h1-7H,8H2,(H,19,20). The average molecular weight is 386 g/mol. The molecule has 0 saturated carbocycles. The Morgan fingerprint density at radius 1 is 1.18 bits per heavy atom. The molecule has 2 rings (SSSR count). The summed E-state index contributed by atoms with van der Waals surface area (Å²) >= 11 is 9.06. The Hall–Kier alpha value is -2.05. The molecule has 1 N–H and O–H groups in total. The highest BCUT2D eigenvalue weighted by Gasteiger charge is 2.10. The topological polar surface area (TPSA) is 72.8 Å². The molecule has 0 aliphatic rings. The van der Waals surface area contributed by atoms with E-state index in [4.69, 9.17) is 26.2 Å². The largest absolute Gasteiger partial charge is 0.481 e. The summed E-state index contributed by atoms with van der Waals surface area (Å²) in [6, 6.07) is 10.5. The minimum Gasteiger partial charge on any atom is -0.481 e. The summed E-state index contributed by atoms with van der Waals surface area (Å²) in [6.07, 6.45) is 0. The fraction of sp³-hybridized carbons (Fsp3) is 0.0667. The summed E-state index contributed by atoms with van der Waals surface area (Å²) < 4.78 is 10.9. The van der Waals surface area contributed by atoms with E-state index in [0.29, 0.717) is 15.2 Å². The number of carboxylic acid groups (broad SMARTS) is 1. The van der Waals surface area contributed by atoms with Crippen LogP contribution in [0.2, 0.25) is 5.02 Å². The van der Waals surface area contributed by atoms with Gasteiger partial charge in [0.15, 0.2) is 6.61 Å². The Morgan fingerprint density at radius 3 is 2.64 bits per heavy atom. The van der Waals surface area contributed by atoms with Gasteiger partial charge in [0.2, 0.25) is 0 Å². The van der Waals surface area contributed by atoms with Crippen molar-refractivity contribution in [3.05, 3.63) is 57.5 Å². The highest BCUT2D eigenvalue weighted by atomic mass is 79.9. The lowest BCUT2D eigenvalue weighted by atomic mass is 10.2. The first-order chi connectivity index (χ1) is 10.5. The van der Waals surface area contributed by atoms with Crippen LogP contribution < -0.4 is 9.47 Å². The highest BCUT2D eigenvalue weighted by Crippen LogP contribution is 2.27. The fourth-order valence-electron chi connectivity index (χ4n) is 1.58. The lowest BCUT2D eigenvalue weighted by molar-refractivity contribution is -0.136. The van der Waals surface area contributed by atoms with E-state index in [1.54, 1.807) is 18.2 Å². The van der Waals surface area contributed by atoms with Gasteiger partial charge in [-0.3, -0.25) is 0 Å². The molecule has 0 heterocycles. The van der Waals surface area contributed by atoms with Crippen molar-refractivity contribution < 1.29 is 24.2 Å². The lowest BCUT2D eigenvalue weighted by Gasteiger charge is -2.08. The van der Waals surface area contributed by atoms with Crippen molar-refractivity contribution in [2.45, 2.75) is 0 Å². The Kier molecular flexibility index (Phi) is 5.41. The van der Waals surface area contributed by atoms with E-state index in [0.717, 1.165) is 0 Å². The summed E-state index contributed by atoms with van der Waals surface area (Å²) in [5.74, 6) is -1.16. The number of rotatable bonds is 5. The molecule has 114 valence electrons. The molecule has 0 aromatic heterocycles. The molecule has 2 aromatic rings. The molecular formula is C15H10BrClO5. The van der Waals surface area contributed by atoms with Crippen molar-refractivity contribution in [2.24, 2.45) is 0 Å². The minimum atomic E-state index is -1.10. The van der Waals surface area contributed by atoms with Crippen molar-refractivity contribution >= 4 is 39.5 Å². The summed E-state index contributed by atoms with van der Waals surface area (Å²) in [5.41, 5.74) is 0.0339. The molecular weight excluding hydrogens is 376 g/mol. The molecule has 0 fully saturated rings. The summed E-state index contributed by atoms with van der Waals surface area (Å²) in [5, 5.41) is 9.40. The first-order valence-electron chi connectivity index (χ1n) is 6.07. The number of carbonyl (C=O) groups excluding carboxylic acids is 1. The number of hydrogen-bond donors (Lipinski definition) is 1. The van der Waals surface area contributed by atoms with Crippen LogP contribution in [-0.4, -0.2) is 23.7 Å². The van der Waals surface area contributed by atoms with E-state index in [-0.39, 0.29) is 17.9 Å². The summed E-state index contributed by atoms with van der Waals surface area (Å²) in [4.78, 5) is 22.5. The predicted octanol–water partition coefficient (Wildman–Crippen LogP) is 3.79. The van der Waals surface area contributed by atoms with Gasteiger partial charge in [0.05, 0.1) is 10.0 Å². The van der Waals surface area contributed by atoms with Crippen LogP contribution in [0.3, 0.4) is 0 Å². The average Bonchev–Trinajstić information content (AvgIpc) is 2.46. The van der Waals surface area contributed by atoms with E-state index in [2.05, 4.69) is 15.9 Å². The number of hydrogen-bond acceptors (Lipinski definition) is 4. The lowest BCUT2D eigenvalue weighted by Crippen LogP contribution is -2.18. The molecule has 5 nitrogen and oxygen atoms in total. The van der Waals surface area contributed by atoms with Crippen molar-refractivity contribution in [2.75, 3.05) is 6.61 Å². The second-order valence-electron chi connectivity index (χ2n) is 4.17. The van der Waals surface area contributed by atoms with Crippen LogP contribution in [0, 0.1) is 0 Å². The second-order valence-corrected chi connectivity index (χ2v) is 5.46. The third-order valence-electron chi connectivity index (χ3n) is 2.55. The SMILES string of the molecule is O=C(COc1ccc(Cl)cc1Br)Oc1cccc(C(=O)O)c1. The van der Waals surface area contributed by atoms with Crippen LogP contribution in [0.1, 0.15) is 10.4 Å². The number of carbonyl (C=O) groups is 2. The number of ether oxygens (including phenoxy) is 2. The maximum absolute atomic E-state index is 11.7. The monoisotopic (exact) mass is 384 g/mol. The molecule has 0 unspecified atom stereocenters. The van der Waals surface area contributed by atoms with Crippen LogP contribution in [0.5, 0.6) is 11.5 Å². The van der Waals surface area contributed by atoms with Gasteiger partial charge in [-0.05, 0) is 52.3 Å². The Bertz CT molecular complexity index is 717. The first kappa shape index (κ1) is 16.3. The second kappa shape index (κ2) is 7.29. The molecule has 0 aliphatic heterocycles. The van der Waals surface area contributed by atoms with E-state index in [9.17, 15) is 9.59 Å². The number of esters is 1. The van der Waals surface area contributed by atoms with Gasteiger partial charge < -0.3 is 14.6 Å². The highest BCUT2D eigenvalue weighted by molar-refractivity contribution is 9.10. The molecule has 0 radical (unpaired) electrons. The molecule has 22 heavy (non-hydrogen) atoms. The zero-order valence-corrected chi connectivity index (χ0v) is 13.4. The quantitative estimate of drug-likeness (QED) is 0.626. The number of carboxylic acids is 1. The van der Waals surface area contributed by atoms with Crippen LogP contribution in [0.15, 0.2) is 46.9 Å². The Labute approximate surface area is 139 Å². The van der Waals surface area contributed by atoms with Crippen molar-refractivity contribution in [1.29, 1.82) is 0 Å². The number of benzene rings is 2. The van der Waals surface area contributed by atoms with Gasteiger partial charge in [0.25, 0.3) is 0 Å². The van der Waals surface area contributed by atoms with Crippen molar-refractivity contribution in [3.63, 3.8) is 0 Å². The maximum Gasteiger partial charge on any atom is 0.349 e. The van der Waals surface area contributed by atoms with E-state index in [1.807, 2.05) is 0 Å². The fourth-order valence-corrected chi connectivity index (χ4v) is 2.38. The van der Waals surface area contributed by atoms with Crippen LogP contribution in [0.25, 0.3) is 0 Å². The van der Waals surface area contributed by atoms with E-state index < -0.39 is 11.9 Å². The number of halogens is 2. The third-order valence-corrected chi connectivity index (χ3v) is 3.41. The molecule has 0 bridgehead atoms. The van der Waals surface area contributed by atoms with Gasteiger partial charge in [-0.2, -0.15) is 0 Å². The molecule has 2 aromatic carbocycles. The normalized spacial score (nSPS) is 10.1. The summed E-state index contributed by atoms with van der Waals surface area (Å²) in [7, 11) is 0. The van der Waals surface area contributed by atoms with Crippen molar-refractivity contribution in [3.8, 4) is 11.5 Å². The van der Waals surface area contributed by atoms with Gasteiger partial charge in [-0.1, -0.05) is 17.7 Å². The zero-order valence-electron chi connectivity index (χ0n) is 11.1. The molecule has 0 spiro atoms. The molecule has 0 aliphatic carbocycles. The molecule has 0 saturated heterocycles. The van der Waals surface area contributed by atoms with Gasteiger partial charge in [0.1, 0.15) is 11.5 Å². The van der Waals surface area contributed by atoms with Crippen molar-refractivity contribution in [1.82, 2.24) is 0 Å². The van der Waals surface area contributed by atoms with Crippen LogP contribution in [0.4, 0.5) is 0 Å². The van der Waals surface area contributed by atoms with Gasteiger partial charge in [-0.25, -0.2) is 9.59 Å². The zero-order chi connectivity index (χ0) is 16.1. The molecule has 0 amide bonds. The maximum atomic E-state index is 11.7. The Balaban J connectivity index is 1.95.